The second-order valence-corrected chi connectivity index (χ2v) is 3.47. The predicted molar refractivity (Wildman–Crippen MR) is 74.1 cm³/mol. The zero-order valence-electron chi connectivity index (χ0n) is 11.5. The molecule has 2 heterocycles. The SMILES string of the molecule is CC(=O)O.CC(=O)O.[Cu].c1ccc(-c2ccccn2)nc1. The Morgan fingerprint density at radius 3 is 1.29 bits per heavy atom. The number of carboxylic acid groups (broad SMARTS) is 2. The summed E-state index contributed by atoms with van der Waals surface area (Å²) in [6.07, 6.45) is 3.54. The molecule has 0 saturated heterocycles. The monoisotopic (exact) mass is 339 g/mol. The summed E-state index contributed by atoms with van der Waals surface area (Å²) in [6, 6.07) is 11.6. The molecule has 0 bridgehead atoms. The summed E-state index contributed by atoms with van der Waals surface area (Å²) in [4.78, 5) is 26.4. The number of pyridine rings is 2. The Bertz CT molecular complexity index is 464. The standard InChI is InChI=1S/C10H8N2.2C2H4O2.Cu/c1-3-7-11-9(5-1)10-6-2-4-8-12-10;2*1-2(3)4;/h1-8H;2*1H3,(H,3,4);. The molecule has 2 N–H and O–H groups in total. The van der Waals surface area contributed by atoms with Crippen LogP contribution < -0.4 is 0 Å². The van der Waals surface area contributed by atoms with Gasteiger partial charge in [-0.1, -0.05) is 12.1 Å². The smallest absolute Gasteiger partial charge is 0.300 e. The normalized spacial score (nSPS) is 7.90. The van der Waals surface area contributed by atoms with E-state index in [4.69, 9.17) is 19.8 Å². The van der Waals surface area contributed by atoms with Crippen LogP contribution in [0.15, 0.2) is 48.8 Å². The van der Waals surface area contributed by atoms with Crippen LogP contribution in [0.3, 0.4) is 0 Å². The third-order valence-electron chi connectivity index (χ3n) is 1.59. The zero-order valence-corrected chi connectivity index (χ0v) is 12.5. The van der Waals surface area contributed by atoms with Crippen LogP contribution in [-0.4, -0.2) is 32.1 Å². The van der Waals surface area contributed by atoms with Crippen molar-refractivity contribution >= 4 is 11.9 Å². The minimum atomic E-state index is -0.833. The molecule has 2 aromatic heterocycles. The first-order chi connectivity index (χ1) is 9.43. The molecule has 0 aromatic carbocycles. The van der Waals surface area contributed by atoms with Gasteiger partial charge in [0, 0.05) is 43.3 Å². The zero-order chi connectivity index (χ0) is 15.4. The van der Waals surface area contributed by atoms with Crippen molar-refractivity contribution in [2.75, 3.05) is 0 Å². The molecule has 7 heteroatoms. The summed E-state index contributed by atoms with van der Waals surface area (Å²) in [7, 11) is 0. The van der Waals surface area contributed by atoms with Crippen molar-refractivity contribution in [1.29, 1.82) is 0 Å². The first kappa shape index (κ1) is 21.1. The third-order valence-corrected chi connectivity index (χ3v) is 1.59. The molecule has 0 atom stereocenters. The molecule has 2 rings (SSSR count). The van der Waals surface area contributed by atoms with Crippen LogP contribution >= 0.6 is 0 Å². The first-order valence-electron chi connectivity index (χ1n) is 5.65. The predicted octanol–water partition coefficient (Wildman–Crippen LogP) is 2.32. The van der Waals surface area contributed by atoms with Crippen molar-refractivity contribution < 1.29 is 36.9 Å². The van der Waals surface area contributed by atoms with E-state index in [-0.39, 0.29) is 17.1 Å². The molecular weight excluding hydrogens is 324 g/mol. The molecule has 21 heavy (non-hydrogen) atoms. The summed E-state index contributed by atoms with van der Waals surface area (Å²) in [5, 5.41) is 14.8. The largest absolute Gasteiger partial charge is 0.481 e. The van der Waals surface area contributed by atoms with Crippen LogP contribution in [0.4, 0.5) is 0 Å². The average molecular weight is 340 g/mol. The first-order valence-corrected chi connectivity index (χ1v) is 5.65. The van der Waals surface area contributed by atoms with Gasteiger partial charge in [-0.15, -0.1) is 0 Å². The summed E-state index contributed by atoms with van der Waals surface area (Å²) in [5.74, 6) is -1.67. The van der Waals surface area contributed by atoms with Gasteiger partial charge >= 0.3 is 0 Å². The fourth-order valence-electron chi connectivity index (χ4n) is 1.03. The topological polar surface area (TPSA) is 100 Å². The second kappa shape index (κ2) is 12.8. The number of hydrogen-bond acceptors (Lipinski definition) is 4. The molecule has 2 aromatic rings. The van der Waals surface area contributed by atoms with Crippen molar-refractivity contribution in [2.45, 2.75) is 13.8 Å². The average Bonchev–Trinajstić information content (AvgIpc) is 2.39. The minimum Gasteiger partial charge on any atom is -0.481 e. The van der Waals surface area contributed by atoms with Gasteiger partial charge in [0.05, 0.1) is 11.4 Å². The Morgan fingerprint density at radius 2 is 1.10 bits per heavy atom. The molecule has 0 aliphatic rings. The molecule has 0 aliphatic heterocycles. The number of aromatic nitrogens is 2. The molecule has 0 saturated carbocycles. The van der Waals surface area contributed by atoms with Gasteiger partial charge in [0.25, 0.3) is 11.9 Å². The fourth-order valence-corrected chi connectivity index (χ4v) is 1.03. The van der Waals surface area contributed by atoms with Crippen LogP contribution in [0.5, 0.6) is 0 Å². The Hall–Kier alpha value is -2.24. The van der Waals surface area contributed by atoms with E-state index in [0.717, 1.165) is 25.2 Å². The maximum absolute atomic E-state index is 9.00. The summed E-state index contributed by atoms with van der Waals surface area (Å²) < 4.78 is 0. The van der Waals surface area contributed by atoms with Crippen molar-refractivity contribution in [2.24, 2.45) is 0 Å². The second-order valence-electron chi connectivity index (χ2n) is 3.47. The number of aliphatic carboxylic acids is 2. The van der Waals surface area contributed by atoms with Crippen LogP contribution in [0.2, 0.25) is 0 Å². The van der Waals surface area contributed by atoms with Gasteiger partial charge in [-0.2, -0.15) is 0 Å². The van der Waals surface area contributed by atoms with Gasteiger partial charge in [-0.3, -0.25) is 19.6 Å². The number of rotatable bonds is 1. The van der Waals surface area contributed by atoms with Crippen molar-refractivity contribution in [3.05, 3.63) is 48.8 Å². The molecule has 0 spiro atoms. The van der Waals surface area contributed by atoms with Gasteiger partial charge in [0.2, 0.25) is 0 Å². The quantitative estimate of drug-likeness (QED) is 0.773. The van der Waals surface area contributed by atoms with Crippen molar-refractivity contribution in [1.82, 2.24) is 9.97 Å². The van der Waals surface area contributed by atoms with E-state index >= 15 is 0 Å². The Labute approximate surface area is 133 Å². The van der Waals surface area contributed by atoms with Crippen LogP contribution in [0.25, 0.3) is 11.4 Å². The molecule has 0 unspecified atom stereocenters. The van der Waals surface area contributed by atoms with E-state index in [9.17, 15) is 0 Å². The molecule has 0 amide bonds. The molecule has 1 radical (unpaired) electrons. The summed E-state index contributed by atoms with van der Waals surface area (Å²) >= 11 is 0. The summed E-state index contributed by atoms with van der Waals surface area (Å²) in [6.45, 7) is 2.17. The molecule has 0 fully saturated rings. The van der Waals surface area contributed by atoms with E-state index in [1.807, 2.05) is 36.4 Å². The van der Waals surface area contributed by atoms with E-state index < -0.39 is 11.9 Å². The van der Waals surface area contributed by atoms with Gasteiger partial charge in [0.1, 0.15) is 0 Å². The van der Waals surface area contributed by atoms with Crippen LogP contribution in [-0.2, 0) is 26.7 Å². The maximum Gasteiger partial charge on any atom is 0.300 e. The fraction of sp³-hybridized carbons (Fsp3) is 0.143. The molecule has 117 valence electrons. The number of hydrogen-bond donors (Lipinski definition) is 2. The van der Waals surface area contributed by atoms with Crippen molar-refractivity contribution in [3.63, 3.8) is 0 Å². The maximum atomic E-state index is 9.00. The Morgan fingerprint density at radius 1 is 0.810 bits per heavy atom. The minimum absolute atomic E-state index is 0. The molecule has 0 aliphatic carbocycles. The van der Waals surface area contributed by atoms with Crippen molar-refractivity contribution in [3.8, 4) is 11.4 Å². The van der Waals surface area contributed by atoms with E-state index in [1.54, 1.807) is 12.4 Å². The van der Waals surface area contributed by atoms with Gasteiger partial charge in [-0.05, 0) is 24.3 Å². The van der Waals surface area contributed by atoms with Gasteiger partial charge in [-0.25, -0.2) is 0 Å². The van der Waals surface area contributed by atoms with E-state index in [2.05, 4.69) is 9.97 Å². The molecule has 6 nitrogen and oxygen atoms in total. The van der Waals surface area contributed by atoms with Gasteiger partial charge in [0.15, 0.2) is 0 Å². The van der Waals surface area contributed by atoms with Gasteiger partial charge < -0.3 is 10.2 Å². The number of carbonyl (C=O) groups is 2. The Kier molecular flexibility index (Phi) is 12.8. The van der Waals surface area contributed by atoms with E-state index in [0.29, 0.717) is 0 Å². The molecular formula is C14H16CuN2O4. The number of carboxylic acids is 2. The Balaban J connectivity index is 0. The number of nitrogens with zero attached hydrogens (tertiary/aromatic N) is 2. The summed E-state index contributed by atoms with van der Waals surface area (Å²) in [5.41, 5.74) is 1.83. The van der Waals surface area contributed by atoms with E-state index in [1.165, 1.54) is 0 Å². The van der Waals surface area contributed by atoms with Crippen LogP contribution in [0.1, 0.15) is 13.8 Å². The third kappa shape index (κ3) is 14.0. The van der Waals surface area contributed by atoms with Crippen LogP contribution in [0, 0.1) is 0 Å².